The lowest BCUT2D eigenvalue weighted by atomic mass is 9.75. The fourth-order valence-corrected chi connectivity index (χ4v) is 4.10. The maximum Gasteiger partial charge on any atom is 0.335 e. The molecule has 0 unspecified atom stereocenters. The highest BCUT2D eigenvalue weighted by Crippen LogP contribution is 2.50. The van der Waals surface area contributed by atoms with E-state index in [9.17, 15) is 9.90 Å². The normalized spacial score (nSPS) is 21.9. The van der Waals surface area contributed by atoms with E-state index < -0.39 is 18.0 Å². The number of hydrogen-bond donors (Lipinski definition) is 1. The summed E-state index contributed by atoms with van der Waals surface area (Å²) in [6.07, 6.45) is -0.881. The van der Waals surface area contributed by atoms with Crippen LogP contribution < -0.4 is 18.9 Å². The predicted octanol–water partition coefficient (Wildman–Crippen LogP) is 2.45. The molecule has 0 spiro atoms. The molecule has 1 aliphatic carbocycles. The summed E-state index contributed by atoms with van der Waals surface area (Å²) in [5, 5.41) is 10.9. The fraction of sp³-hybridized carbons (Fsp3) is 0.286. The van der Waals surface area contributed by atoms with E-state index in [0.717, 1.165) is 5.56 Å². The standard InChI is InChI=1S/C21H18O7/c1-24-15-6-11-12(7-16(15)25-2)20(22)13-8-26-21(23)19(13)18(11)10-3-4-14-17(5-10)28-9-27-14/h3-7,13,20,22H,8-9H2,1-2H3/t13-,20-/m0/s1. The van der Waals surface area contributed by atoms with E-state index in [1.54, 1.807) is 26.4 Å². The van der Waals surface area contributed by atoms with Crippen LogP contribution in [0.2, 0.25) is 0 Å². The number of benzene rings is 2. The van der Waals surface area contributed by atoms with Crippen LogP contribution in [-0.4, -0.2) is 38.7 Å². The predicted molar refractivity (Wildman–Crippen MR) is 97.5 cm³/mol. The monoisotopic (exact) mass is 382 g/mol. The third kappa shape index (κ3) is 2.29. The van der Waals surface area contributed by atoms with E-state index in [4.69, 9.17) is 23.7 Å². The number of methoxy groups -OCH3 is 2. The lowest BCUT2D eigenvalue weighted by molar-refractivity contribution is -0.135. The van der Waals surface area contributed by atoms with Gasteiger partial charge >= 0.3 is 5.97 Å². The minimum Gasteiger partial charge on any atom is -0.493 e. The molecule has 2 aliphatic heterocycles. The summed E-state index contributed by atoms with van der Waals surface area (Å²) < 4.78 is 27.0. The van der Waals surface area contributed by atoms with E-state index in [2.05, 4.69) is 0 Å². The maximum absolute atomic E-state index is 12.6. The van der Waals surface area contributed by atoms with Crippen molar-refractivity contribution >= 4 is 11.5 Å². The Bertz CT molecular complexity index is 1020. The van der Waals surface area contributed by atoms with E-state index in [1.807, 2.05) is 18.2 Å². The number of aliphatic hydroxyl groups excluding tert-OH is 1. The molecule has 7 heteroatoms. The number of ether oxygens (including phenoxy) is 5. The molecule has 0 radical (unpaired) electrons. The van der Waals surface area contributed by atoms with Gasteiger partial charge in [0.05, 0.1) is 31.8 Å². The highest BCUT2D eigenvalue weighted by atomic mass is 16.7. The molecule has 1 N–H and O–H groups in total. The molecular formula is C21H18O7. The maximum atomic E-state index is 12.6. The number of esters is 1. The average molecular weight is 382 g/mol. The van der Waals surface area contributed by atoms with Crippen LogP contribution in [0.25, 0.3) is 5.57 Å². The van der Waals surface area contributed by atoms with Gasteiger partial charge in [0.15, 0.2) is 23.0 Å². The number of carbonyl (C=O) groups excluding carboxylic acids is 1. The fourth-order valence-electron chi connectivity index (χ4n) is 4.10. The molecule has 0 amide bonds. The van der Waals surface area contributed by atoms with Crippen LogP contribution in [-0.2, 0) is 9.53 Å². The summed E-state index contributed by atoms with van der Waals surface area (Å²) in [6.45, 7) is 0.298. The number of aliphatic hydroxyl groups is 1. The summed E-state index contributed by atoms with van der Waals surface area (Å²) in [7, 11) is 3.09. The van der Waals surface area contributed by atoms with Crippen molar-refractivity contribution in [2.75, 3.05) is 27.6 Å². The molecule has 0 bridgehead atoms. The molecule has 7 nitrogen and oxygen atoms in total. The second-order valence-electron chi connectivity index (χ2n) is 6.80. The van der Waals surface area contributed by atoms with Crippen LogP contribution in [0.1, 0.15) is 22.8 Å². The highest BCUT2D eigenvalue weighted by Gasteiger charge is 2.44. The van der Waals surface area contributed by atoms with Crippen LogP contribution in [0.4, 0.5) is 0 Å². The number of cyclic esters (lactones) is 1. The molecule has 1 fully saturated rings. The van der Waals surface area contributed by atoms with Crippen molar-refractivity contribution in [3.05, 3.63) is 52.6 Å². The Morgan fingerprint density at radius 3 is 2.54 bits per heavy atom. The molecule has 2 atom stereocenters. The van der Waals surface area contributed by atoms with Gasteiger partial charge in [-0.1, -0.05) is 6.07 Å². The van der Waals surface area contributed by atoms with Crippen LogP contribution in [0.3, 0.4) is 0 Å². The van der Waals surface area contributed by atoms with Crippen molar-refractivity contribution in [3.8, 4) is 23.0 Å². The first kappa shape index (κ1) is 16.9. The Balaban J connectivity index is 1.79. The lowest BCUT2D eigenvalue weighted by Gasteiger charge is -2.29. The first-order valence-electron chi connectivity index (χ1n) is 8.88. The zero-order chi connectivity index (χ0) is 19.4. The summed E-state index contributed by atoms with van der Waals surface area (Å²) in [6, 6.07) is 9.06. The smallest absolute Gasteiger partial charge is 0.335 e. The van der Waals surface area contributed by atoms with Crippen molar-refractivity contribution in [2.24, 2.45) is 5.92 Å². The Kier molecular flexibility index (Phi) is 3.73. The van der Waals surface area contributed by atoms with E-state index in [0.29, 0.717) is 45.3 Å². The number of hydrogen-bond acceptors (Lipinski definition) is 7. The highest BCUT2D eigenvalue weighted by molar-refractivity contribution is 6.05. The Hall–Kier alpha value is -3.19. The molecule has 144 valence electrons. The van der Waals surface area contributed by atoms with E-state index in [1.165, 1.54) is 0 Å². The topological polar surface area (TPSA) is 83.5 Å². The third-order valence-corrected chi connectivity index (χ3v) is 5.44. The number of rotatable bonds is 3. The van der Waals surface area contributed by atoms with Crippen molar-refractivity contribution in [2.45, 2.75) is 6.10 Å². The SMILES string of the molecule is COc1cc2c(cc1OC)[C@H](O)[C@H]1COC(=O)C1=C2c1ccc2c(c1)OCO2. The third-order valence-electron chi connectivity index (χ3n) is 5.44. The van der Waals surface area contributed by atoms with Gasteiger partial charge in [0.2, 0.25) is 6.79 Å². The van der Waals surface area contributed by atoms with Gasteiger partial charge in [0, 0.05) is 5.57 Å². The zero-order valence-corrected chi connectivity index (χ0v) is 15.4. The van der Waals surface area contributed by atoms with Crippen LogP contribution >= 0.6 is 0 Å². The molecule has 28 heavy (non-hydrogen) atoms. The average Bonchev–Trinajstić information content (AvgIpc) is 3.34. The van der Waals surface area contributed by atoms with Crippen LogP contribution in [0, 0.1) is 5.92 Å². The number of carbonyl (C=O) groups is 1. The second-order valence-corrected chi connectivity index (χ2v) is 6.80. The first-order chi connectivity index (χ1) is 13.6. The quantitative estimate of drug-likeness (QED) is 0.817. The van der Waals surface area contributed by atoms with Gasteiger partial charge in [0.1, 0.15) is 6.61 Å². The molecule has 3 aliphatic rings. The lowest BCUT2D eigenvalue weighted by Crippen LogP contribution is -2.23. The minimum absolute atomic E-state index is 0.136. The van der Waals surface area contributed by atoms with Crippen molar-refractivity contribution in [1.29, 1.82) is 0 Å². The van der Waals surface area contributed by atoms with Gasteiger partial charge in [-0.15, -0.1) is 0 Å². The molecule has 0 aromatic heterocycles. The molecule has 2 aromatic carbocycles. The molecular weight excluding hydrogens is 364 g/mol. The van der Waals surface area contributed by atoms with Gasteiger partial charge in [-0.05, 0) is 41.0 Å². The zero-order valence-electron chi connectivity index (χ0n) is 15.4. The van der Waals surface area contributed by atoms with E-state index >= 15 is 0 Å². The van der Waals surface area contributed by atoms with Gasteiger partial charge < -0.3 is 28.8 Å². The van der Waals surface area contributed by atoms with Crippen LogP contribution in [0.5, 0.6) is 23.0 Å². The van der Waals surface area contributed by atoms with Gasteiger partial charge in [-0.2, -0.15) is 0 Å². The molecule has 1 saturated heterocycles. The molecule has 0 saturated carbocycles. The Labute approximate surface area is 161 Å². The number of fused-ring (bicyclic) bond motifs is 3. The first-order valence-corrected chi connectivity index (χ1v) is 8.88. The van der Waals surface area contributed by atoms with Crippen molar-refractivity contribution in [3.63, 3.8) is 0 Å². The summed E-state index contributed by atoms with van der Waals surface area (Å²) in [4.78, 5) is 12.6. The molecule has 2 heterocycles. The summed E-state index contributed by atoms with van der Waals surface area (Å²) in [5.41, 5.74) is 3.31. The van der Waals surface area contributed by atoms with Crippen LogP contribution in [0.15, 0.2) is 35.9 Å². The Morgan fingerprint density at radius 2 is 1.75 bits per heavy atom. The molecule has 5 rings (SSSR count). The van der Waals surface area contributed by atoms with Crippen molar-refractivity contribution < 1.29 is 33.6 Å². The summed E-state index contributed by atoms with van der Waals surface area (Å²) in [5.74, 6) is 1.43. The van der Waals surface area contributed by atoms with Gasteiger partial charge in [0.25, 0.3) is 0 Å². The largest absolute Gasteiger partial charge is 0.493 e. The minimum atomic E-state index is -0.881. The van der Waals surface area contributed by atoms with Crippen molar-refractivity contribution in [1.82, 2.24) is 0 Å². The molecule has 2 aromatic rings. The van der Waals surface area contributed by atoms with E-state index in [-0.39, 0.29) is 13.4 Å². The second kappa shape index (κ2) is 6.17. The van der Waals surface area contributed by atoms with Gasteiger partial charge in [-0.25, -0.2) is 4.79 Å². The summed E-state index contributed by atoms with van der Waals surface area (Å²) >= 11 is 0. The van der Waals surface area contributed by atoms with Gasteiger partial charge in [-0.3, -0.25) is 0 Å². The Morgan fingerprint density at radius 1 is 1.00 bits per heavy atom.